The normalized spacial score (nSPS) is 20.6. The zero-order chi connectivity index (χ0) is 25.7. The van der Waals surface area contributed by atoms with Gasteiger partial charge in [0.1, 0.15) is 11.3 Å². The lowest BCUT2D eigenvalue weighted by Crippen LogP contribution is -2.41. The van der Waals surface area contributed by atoms with Crippen LogP contribution in [0.15, 0.2) is 24.4 Å². The average molecular weight is 493 g/mol. The van der Waals surface area contributed by atoms with Gasteiger partial charge in [0, 0.05) is 24.5 Å². The number of benzene rings is 1. The number of alkyl halides is 3. The zero-order valence-corrected chi connectivity index (χ0v) is 20.0. The number of nitrogens with zero attached hydrogens (tertiary/aromatic N) is 3. The maximum Gasteiger partial charge on any atom is 0.422 e. The highest BCUT2D eigenvalue weighted by molar-refractivity contribution is 5.93. The molecule has 1 aliphatic rings. The highest BCUT2D eigenvalue weighted by atomic mass is 19.4. The molecule has 1 amide bonds. The average Bonchev–Trinajstić information content (AvgIpc) is 3.11. The van der Waals surface area contributed by atoms with Crippen LogP contribution in [0.25, 0.3) is 22.0 Å². The van der Waals surface area contributed by atoms with Crippen molar-refractivity contribution in [3.05, 3.63) is 41.5 Å². The summed E-state index contributed by atoms with van der Waals surface area (Å²) in [5, 5.41) is 16.9. The quantitative estimate of drug-likeness (QED) is 0.464. The van der Waals surface area contributed by atoms with Gasteiger partial charge in [-0.1, -0.05) is 19.8 Å². The maximum absolute atomic E-state index is 15.0. The standard InChI is InChI=1S/C25H28F4N4O2/c1-13-6-5-7-15(8-13)23(34)31-20-11-17(14(2)12-30-20)16-9-18-21(19(26)10-16)32-33(4)22(18)24(3,35)25(27,28)29/h9-13,15,35H,5-8H2,1-4H3,(H,30,31,34)/t13-,15+,24?/m1/s1. The SMILES string of the molecule is Cc1cnc(NC(=O)[C@H]2CCC[C@@H](C)C2)cc1-c1cc(F)c2nn(C)c(C(C)(O)C(F)(F)F)c2c1. The van der Waals surface area contributed by atoms with Gasteiger partial charge in [-0.25, -0.2) is 9.37 Å². The van der Waals surface area contributed by atoms with Gasteiger partial charge in [0.15, 0.2) is 11.4 Å². The largest absolute Gasteiger partial charge is 0.422 e. The van der Waals surface area contributed by atoms with Crippen LogP contribution in [0.3, 0.4) is 0 Å². The van der Waals surface area contributed by atoms with E-state index in [0.29, 0.717) is 24.0 Å². The molecule has 4 rings (SSSR count). The van der Waals surface area contributed by atoms with E-state index in [1.54, 1.807) is 13.0 Å². The van der Waals surface area contributed by atoms with Crippen LogP contribution in [0.2, 0.25) is 0 Å². The molecule has 6 nitrogen and oxygen atoms in total. The second-order valence-electron chi connectivity index (χ2n) is 9.74. The first-order valence-corrected chi connectivity index (χ1v) is 11.5. The minimum Gasteiger partial charge on any atom is -0.375 e. The smallest absolute Gasteiger partial charge is 0.375 e. The topological polar surface area (TPSA) is 80.0 Å². The van der Waals surface area contributed by atoms with Gasteiger partial charge in [0.2, 0.25) is 5.91 Å². The summed E-state index contributed by atoms with van der Waals surface area (Å²) in [7, 11) is 1.23. The Labute approximate surface area is 200 Å². The van der Waals surface area contributed by atoms with Crippen molar-refractivity contribution >= 4 is 22.6 Å². The van der Waals surface area contributed by atoms with Gasteiger partial charge in [0.05, 0.1) is 5.69 Å². The molecular weight excluding hydrogens is 464 g/mol. The number of pyridine rings is 1. The molecule has 0 saturated heterocycles. The molecule has 1 fully saturated rings. The minimum absolute atomic E-state index is 0.110. The van der Waals surface area contributed by atoms with Gasteiger partial charge in [-0.15, -0.1) is 0 Å². The second kappa shape index (κ2) is 8.89. The van der Waals surface area contributed by atoms with Crippen molar-refractivity contribution in [2.45, 2.75) is 58.2 Å². The molecule has 2 heterocycles. The first-order valence-electron chi connectivity index (χ1n) is 11.5. The van der Waals surface area contributed by atoms with Crippen LogP contribution in [-0.4, -0.2) is 32.0 Å². The minimum atomic E-state index is -5.00. The van der Waals surface area contributed by atoms with Crippen LogP contribution in [-0.2, 0) is 17.4 Å². The Morgan fingerprint density at radius 3 is 2.60 bits per heavy atom. The Morgan fingerprint density at radius 1 is 1.23 bits per heavy atom. The summed E-state index contributed by atoms with van der Waals surface area (Å²) in [4.78, 5) is 17.0. The van der Waals surface area contributed by atoms with Crippen LogP contribution in [0.4, 0.5) is 23.4 Å². The van der Waals surface area contributed by atoms with Crippen LogP contribution >= 0.6 is 0 Å². The predicted molar refractivity (Wildman–Crippen MR) is 124 cm³/mol. The molecule has 2 aromatic heterocycles. The summed E-state index contributed by atoms with van der Waals surface area (Å²) in [5.41, 5.74) is -2.67. The fourth-order valence-corrected chi connectivity index (χ4v) is 4.93. The Morgan fingerprint density at radius 2 is 1.94 bits per heavy atom. The first kappa shape index (κ1) is 25.1. The number of nitrogens with one attached hydrogen (secondary N) is 1. The third-order valence-electron chi connectivity index (χ3n) is 6.88. The summed E-state index contributed by atoms with van der Waals surface area (Å²) in [6.45, 7) is 4.47. The molecule has 1 unspecified atom stereocenters. The molecule has 3 aromatic rings. The van der Waals surface area contributed by atoms with E-state index < -0.39 is 23.3 Å². The number of halogens is 4. The first-order chi connectivity index (χ1) is 16.3. The number of aromatic nitrogens is 3. The highest BCUT2D eigenvalue weighted by Gasteiger charge is 2.54. The summed E-state index contributed by atoms with van der Waals surface area (Å²) >= 11 is 0. The molecule has 188 valence electrons. The van der Waals surface area contributed by atoms with E-state index in [1.807, 2.05) is 0 Å². The number of rotatable bonds is 4. The predicted octanol–water partition coefficient (Wildman–Crippen LogP) is 5.62. The molecule has 3 atom stereocenters. The van der Waals surface area contributed by atoms with Crippen molar-refractivity contribution in [3.8, 4) is 11.1 Å². The van der Waals surface area contributed by atoms with Crippen molar-refractivity contribution < 1.29 is 27.5 Å². The van der Waals surface area contributed by atoms with Crippen LogP contribution in [0, 0.1) is 24.6 Å². The van der Waals surface area contributed by atoms with E-state index in [0.717, 1.165) is 30.4 Å². The van der Waals surface area contributed by atoms with Crippen molar-refractivity contribution in [1.82, 2.24) is 14.8 Å². The van der Waals surface area contributed by atoms with Gasteiger partial charge in [-0.2, -0.15) is 18.3 Å². The molecule has 0 aliphatic heterocycles. The fourth-order valence-electron chi connectivity index (χ4n) is 4.93. The fraction of sp³-hybridized carbons (Fsp3) is 0.480. The lowest BCUT2D eigenvalue weighted by atomic mass is 9.82. The van der Waals surface area contributed by atoms with E-state index >= 15 is 4.39 Å². The van der Waals surface area contributed by atoms with Gasteiger partial charge >= 0.3 is 6.18 Å². The number of hydrogen-bond acceptors (Lipinski definition) is 4. The van der Waals surface area contributed by atoms with Crippen LogP contribution in [0.1, 0.15) is 50.8 Å². The van der Waals surface area contributed by atoms with E-state index in [-0.39, 0.29) is 34.1 Å². The molecule has 35 heavy (non-hydrogen) atoms. The van der Waals surface area contributed by atoms with E-state index in [4.69, 9.17) is 0 Å². The van der Waals surface area contributed by atoms with Crippen molar-refractivity contribution in [2.24, 2.45) is 18.9 Å². The van der Waals surface area contributed by atoms with Crippen LogP contribution in [0.5, 0.6) is 0 Å². The van der Waals surface area contributed by atoms with Gasteiger partial charge < -0.3 is 10.4 Å². The van der Waals surface area contributed by atoms with Crippen molar-refractivity contribution in [3.63, 3.8) is 0 Å². The Bertz CT molecular complexity index is 1280. The van der Waals surface area contributed by atoms with E-state index in [9.17, 15) is 23.1 Å². The molecule has 10 heteroatoms. The van der Waals surface area contributed by atoms with Gasteiger partial charge in [0.25, 0.3) is 0 Å². The summed E-state index contributed by atoms with van der Waals surface area (Å²) < 4.78 is 56.7. The summed E-state index contributed by atoms with van der Waals surface area (Å²) in [6.07, 6.45) is 0.213. The number of carbonyl (C=O) groups excluding carboxylic acids is 1. The molecule has 0 spiro atoms. The lowest BCUT2D eigenvalue weighted by molar-refractivity contribution is -0.260. The van der Waals surface area contributed by atoms with Crippen molar-refractivity contribution in [1.29, 1.82) is 0 Å². The number of carbonyl (C=O) groups is 1. The Hall–Kier alpha value is -3.01. The van der Waals surface area contributed by atoms with Gasteiger partial charge in [-0.3, -0.25) is 9.48 Å². The highest BCUT2D eigenvalue weighted by Crippen LogP contribution is 2.42. The summed E-state index contributed by atoms with van der Waals surface area (Å²) in [5.74, 6) is -0.311. The maximum atomic E-state index is 15.0. The number of anilines is 1. The number of amides is 1. The van der Waals surface area contributed by atoms with Gasteiger partial charge in [-0.05, 0) is 67.5 Å². The number of hydrogen-bond donors (Lipinski definition) is 2. The number of aliphatic hydroxyl groups is 1. The number of aryl methyl sites for hydroxylation is 2. The van der Waals surface area contributed by atoms with Crippen molar-refractivity contribution in [2.75, 3.05) is 5.32 Å². The lowest BCUT2D eigenvalue weighted by Gasteiger charge is -2.26. The molecule has 0 radical (unpaired) electrons. The Balaban J connectivity index is 1.75. The molecular formula is C25H28F4N4O2. The molecule has 1 saturated carbocycles. The Kier molecular flexibility index (Phi) is 6.37. The number of fused-ring (bicyclic) bond motifs is 1. The zero-order valence-electron chi connectivity index (χ0n) is 20.0. The molecule has 1 aliphatic carbocycles. The summed E-state index contributed by atoms with van der Waals surface area (Å²) in [6, 6.07) is 4.13. The molecule has 0 bridgehead atoms. The van der Waals surface area contributed by atoms with E-state index in [1.165, 1.54) is 25.4 Å². The monoisotopic (exact) mass is 492 g/mol. The molecule has 1 aromatic carbocycles. The van der Waals surface area contributed by atoms with E-state index in [2.05, 4.69) is 22.3 Å². The second-order valence-corrected chi connectivity index (χ2v) is 9.74. The molecule has 2 N–H and O–H groups in total. The van der Waals surface area contributed by atoms with Crippen LogP contribution < -0.4 is 5.32 Å². The third-order valence-corrected chi connectivity index (χ3v) is 6.88. The third kappa shape index (κ3) is 4.63.